The number of H-pyrrole nitrogens is 1. The Bertz CT molecular complexity index is 572. The van der Waals surface area contributed by atoms with Gasteiger partial charge in [-0.05, 0) is 42.0 Å². The van der Waals surface area contributed by atoms with Crippen molar-refractivity contribution in [2.24, 2.45) is 5.92 Å². The van der Waals surface area contributed by atoms with E-state index >= 15 is 0 Å². The molecule has 0 bridgehead atoms. The third kappa shape index (κ3) is 3.15. The number of carbonyl (C=O) groups is 1. The molecule has 0 unspecified atom stereocenters. The maximum absolute atomic E-state index is 11.4. The molecule has 100 valence electrons. The summed E-state index contributed by atoms with van der Waals surface area (Å²) in [6.07, 6.45) is 4.08. The highest BCUT2D eigenvalue weighted by molar-refractivity contribution is 5.81. The Hall–Kier alpha value is -1.81. The first-order chi connectivity index (χ1) is 9.33. The minimum Gasteiger partial charge on any atom is -0.361 e. The van der Waals surface area contributed by atoms with Crippen molar-refractivity contribution < 1.29 is 4.79 Å². The lowest BCUT2D eigenvalue weighted by molar-refractivity contribution is -0.122. The summed E-state index contributed by atoms with van der Waals surface area (Å²) in [5.74, 6) is 0.520. The first-order valence-corrected chi connectivity index (χ1v) is 6.87. The van der Waals surface area contributed by atoms with Crippen molar-refractivity contribution in [1.82, 2.24) is 15.6 Å². The second-order valence-electron chi connectivity index (χ2n) is 5.14. The SMILES string of the molecule is O=C(NCCNCc1ccc2[nH]ccc2c1)C1CC1. The van der Waals surface area contributed by atoms with Gasteiger partial charge in [0.25, 0.3) is 0 Å². The van der Waals surface area contributed by atoms with Crippen LogP contribution in [-0.4, -0.2) is 24.0 Å². The number of hydrogen-bond donors (Lipinski definition) is 3. The molecule has 0 atom stereocenters. The van der Waals surface area contributed by atoms with E-state index in [0.29, 0.717) is 12.5 Å². The van der Waals surface area contributed by atoms with Crippen LogP contribution in [0.5, 0.6) is 0 Å². The highest BCUT2D eigenvalue weighted by Crippen LogP contribution is 2.28. The van der Waals surface area contributed by atoms with Gasteiger partial charge in [-0.3, -0.25) is 4.79 Å². The van der Waals surface area contributed by atoms with Crippen LogP contribution in [0.15, 0.2) is 30.5 Å². The van der Waals surface area contributed by atoms with Crippen LogP contribution in [0.25, 0.3) is 10.9 Å². The lowest BCUT2D eigenvalue weighted by Crippen LogP contribution is -2.32. The van der Waals surface area contributed by atoms with Gasteiger partial charge in [0.15, 0.2) is 0 Å². The highest BCUT2D eigenvalue weighted by atomic mass is 16.2. The smallest absolute Gasteiger partial charge is 0.223 e. The molecule has 19 heavy (non-hydrogen) atoms. The van der Waals surface area contributed by atoms with Gasteiger partial charge in [0.1, 0.15) is 0 Å². The van der Waals surface area contributed by atoms with Gasteiger partial charge in [-0.1, -0.05) is 6.07 Å². The van der Waals surface area contributed by atoms with Crippen molar-refractivity contribution in [1.29, 1.82) is 0 Å². The van der Waals surface area contributed by atoms with E-state index in [1.165, 1.54) is 16.5 Å². The third-order valence-corrected chi connectivity index (χ3v) is 3.50. The van der Waals surface area contributed by atoms with Crippen molar-refractivity contribution in [2.75, 3.05) is 13.1 Å². The number of hydrogen-bond acceptors (Lipinski definition) is 2. The number of carbonyl (C=O) groups excluding carboxylic acids is 1. The first-order valence-electron chi connectivity index (χ1n) is 6.87. The molecule has 4 nitrogen and oxygen atoms in total. The molecular weight excluding hydrogens is 238 g/mol. The molecule has 0 spiro atoms. The fraction of sp³-hybridized carbons (Fsp3) is 0.400. The van der Waals surface area contributed by atoms with Gasteiger partial charge >= 0.3 is 0 Å². The van der Waals surface area contributed by atoms with Gasteiger partial charge in [0, 0.05) is 37.3 Å². The molecule has 0 aliphatic heterocycles. The predicted octanol–water partition coefficient (Wildman–Crippen LogP) is 1.78. The van der Waals surface area contributed by atoms with Crippen LogP contribution >= 0.6 is 0 Å². The van der Waals surface area contributed by atoms with Crippen molar-refractivity contribution >= 4 is 16.8 Å². The number of fused-ring (bicyclic) bond motifs is 1. The van der Waals surface area contributed by atoms with Crippen LogP contribution in [-0.2, 0) is 11.3 Å². The number of aromatic amines is 1. The first kappa shape index (κ1) is 12.2. The maximum atomic E-state index is 11.4. The summed E-state index contributed by atoms with van der Waals surface area (Å²) in [5, 5.41) is 7.54. The number of aromatic nitrogens is 1. The largest absolute Gasteiger partial charge is 0.361 e. The number of benzene rings is 1. The zero-order valence-corrected chi connectivity index (χ0v) is 10.9. The third-order valence-electron chi connectivity index (χ3n) is 3.50. The molecule has 1 aromatic heterocycles. The minimum absolute atomic E-state index is 0.218. The van der Waals surface area contributed by atoms with E-state index in [1.807, 2.05) is 6.20 Å². The Kier molecular flexibility index (Phi) is 3.51. The molecular formula is C15H19N3O. The fourth-order valence-corrected chi connectivity index (χ4v) is 2.21. The molecule has 1 aliphatic rings. The van der Waals surface area contributed by atoms with Gasteiger partial charge in [-0.15, -0.1) is 0 Å². The Morgan fingerprint density at radius 3 is 3.00 bits per heavy atom. The molecule has 2 aromatic rings. The van der Waals surface area contributed by atoms with Crippen LogP contribution < -0.4 is 10.6 Å². The zero-order valence-electron chi connectivity index (χ0n) is 10.9. The Labute approximate surface area is 112 Å². The zero-order chi connectivity index (χ0) is 13.1. The van der Waals surface area contributed by atoms with Crippen LogP contribution in [0.3, 0.4) is 0 Å². The van der Waals surface area contributed by atoms with Gasteiger partial charge in [-0.2, -0.15) is 0 Å². The second kappa shape index (κ2) is 5.45. The average molecular weight is 257 g/mol. The van der Waals surface area contributed by atoms with Crippen LogP contribution in [0.1, 0.15) is 18.4 Å². The van der Waals surface area contributed by atoms with E-state index in [4.69, 9.17) is 0 Å². The van der Waals surface area contributed by atoms with E-state index in [1.54, 1.807) is 0 Å². The number of nitrogens with one attached hydrogen (secondary N) is 3. The number of rotatable bonds is 6. The van der Waals surface area contributed by atoms with Crippen LogP contribution in [0.2, 0.25) is 0 Å². The molecule has 1 aromatic carbocycles. The molecule has 1 heterocycles. The van der Waals surface area contributed by atoms with Crippen molar-refractivity contribution in [3.05, 3.63) is 36.0 Å². The molecule has 1 saturated carbocycles. The Balaban J connectivity index is 1.40. The van der Waals surface area contributed by atoms with E-state index < -0.39 is 0 Å². The second-order valence-corrected chi connectivity index (χ2v) is 5.14. The van der Waals surface area contributed by atoms with Crippen molar-refractivity contribution in [3.63, 3.8) is 0 Å². The standard InChI is InChI=1S/C15H19N3O/c19-15(12-2-3-12)18-8-7-16-10-11-1-4-14-13(9-11)5-6-17-14/h1,4-6,9,12,16-17H,2-3,7-8,10H2,(H,18,19). The molecule has 4 heteroatoms. The van der Waals surface area contributed by atoms with E-state index in [-0.39, 0.29) is 5.91 Å². The lowest BCUT2D eigenvalue weighted by atomic mass is 10.1. The van der Waals surface area contributed by atoms with E-state index in [2.05, 4.69) is 39.9 Å². The summed E-state index contributed by atoms with van der Waals surface area (Å²) in [4.78, 5) is 14.6. The highest BCUT2D eigenvalue weighted by Gasteiger charge is 2.28. The fourth-order valence-electron chi connectivity index (χ4n) is 2.21. The van der Waals surface area contributed by atoms with Crippen LogP contribution in [0.4, 0.5) is 0 Å². The Morgan fingerprint density at radius 2 is 2.16 bits per heavy atom. The summed E-state index contributed by atoms with van der Waals surface area (Å²) in [6, 6.07) is 8.48. The normalized spacial score (nSPS) is 14.7. The summed E-state index contributed by atoms with van der Waals surface area (Å²) in [6.45, 7) is 2.35. The summed E-state index contributed by atoms with van der Waals surface area (Å²) in [7, 11) is 0. The molecule has 1 aliphatic carbocycles. The molecule has 1 amide bonds. The molecule has 0 radical (unpaired) electrons. The van der Waals surface area contributed by atoms with Gasteiger partial charge in [0.05, 0.1) is 0 Å². The number of amides is 1. The molecule has 3 rings (SSSR count). The predicted molar refractivity (Wildman–Crippen MR) is 75.7 cm³/mol. The van der Waals surface area contributed by atoms with E-state index in [9.17, 15) is 4.79 Å². The quantitative estimate of drug-likeness (QED) is 0.691. The van der Waals surface area contributed by atoms with Crippen LogP contribution in [0, 0.1) is 5.92 Å². The van der Waals surface area contributed by atoms with Crippen molar-refractivity contribution in [3.8, 4) is 0 Å². The summed E-state index contributed by atoms with van der Waals surface area (Å²) >= 11 is 0. The minimum atomic E-state index is 0.218. The van der Waals surface area contributed by atoms with Gasteiger partial charge in [-0.25, -0.2) is 0 Å². The average Bonchev–Trinajstić information content (AvgIpc) is 3.17. The Morgan fingerprint density at radius 1 is 1.26 bits per heavy atom. The lowest BCUT2D eigenvalue weighted by Gasteiger charge is -2.06. The maximum Gasteiger partial charge on any atom is 0.223 e. The molecule has 3 N–H and O–H groups in total. The topological polar surface area (TPSA) is 56.9 Å². The van der Waals surface area contributed by atoms with Gasteiger partial charge < -0.3 is 15.6 Å². The monoisotopic (exact) mass is 257 g/mol. The van der Waals surface area contributed by atoms with Crippen molar-refractivity contribution in [2.45, 2.75) is 19.4 Å². The summed E-state index contributed by atoms with van der Waals surface area (Å²) < 4.78 is 0. The van der Waals surface area contributed by atoms with Gasteiger partial charge in [0.2, 0.25) is 5.91 Å². The molecule has 1 fully saturated rings. The molecule has 0 saturated heterocycles. The van der Waals surface area contributed by atoms with E-state index in [0.717, 1.165) is 25.9 Å². The summed E-state index contributed by atoms with van der Waals surface area (Å²) in [5.41, 5.74) is 2.43.